The molecule has 0 spiro atoms. The van der Waals surface area contributed by atoms with Crippen LogP contribution in [0.4, 0.5) is 0 Å². The third-order valence-corrected chi connectivity index (χ3v) is 3.03. The Bertz CT molecular complexity index is 182. The zero-order chi connectivity index (χ0) is 9.84. The van der Waals surface area contributed by atoms with Gasteiger partial charge in [-0.15, -0.1) is 0 Å². The van der Waals surface area contributed by atoms with E-state index in [4.69, 9.17) is 0 Å². The summed E-state index contributed by atoms with van der Waals surface area (Å²) in [6, 6.07) is 0. The fourth-order valence-electron chi connectivity index (χ4n) is 1.52. The molecule has 0 fully saturated rings. The van der Waals surface area contributed by atoms with Crippen molar-refractivity contribution in [3.8, 4) is 0 Å². The Labute approximate surface area is 94.7 Å². The van der Waals surface area contributed by atoms with Crippen LogP contribution in [0.5, 0.6) is 0 Å². The maximum Gasteiger partial charge on any atom is 0.130 e. The highest BCUT2D eigenvalue weighted by molar-refractivity contribution is 14.1. The van der Waals surface area contributed by atoms with E-state index < -0.39 is 0 Å². The summed E-state index contributed by atoms with van der Waals surface area (Å²) in [5.74, 6) is 0.622. The summed E-state index contributed by atoms with van der Waals surface area (Å²) in [4.78, 5) is 0. The van der Waals surface area contributed by atoms with E-state index in [1.165, 1.54) is 12.8 Å². The lowest BCUT2D eigenvalue weighted by molar-refractivity contribution is 0.139. The molecule has 0 aromatic carbocycles. The van der Waals surface area contributed by atoms with Crippen molar-refractivity contribution in [2.24, 2.45) is 11.0 Å². The number of hydrogen-bond acceptors (Lipinski definition) is 3. The highest BCUT2D eigenvalue weighted by Crippen LogP contribution is 2.23. The smallest absolute Gasteiger partial charge is 0.130 e. The quantitative estimate of drug-likeness (QED) is 0.586. The molecule has 0 saturated heterocycles. The Morgan fingerprint density at radius 2 is 2.23 bits per heavy atom. The minimum Gasteiger partial charge on any atom is -0.280 e. The van der Waals surface area contributed by atoms with Crippen molar-refractivity contribution >= 4 is 29.2 Å². The normalized spacial score (nSPS) is 22.1. The molecule has 13 heavy (non-hydrogen) atoms. The Morgan fingerprint density at radius 1 is 1.54 bits per heavy atom. The molecule has 1 aliphatic rings. The van der Waals surface area contributed by atoms with Gasteiger partial charge in [-0.2, -0.15) is 5.10 Å². The molecular formula is C9H18IN3. The standard InChI is InChI=1S/C9H18IN3/c1-4-5-6-13-9(8(2)3)12(10)7-11-13/h7-9H,4-6H2,1-3H3. The molecule has 0 saturated carbocycles. The molecule has 1 rings (SSSR count). The van der Waals surface area contributed by atoms with Crippen LogP contribution in [-0.4, -0.2) is 27.2 Å². The highest BCUT2D eigenvalue weighted by Gasteiger charge is 2.28. The van der Waals surface area contributed by atoms with Crippen LogP contribution in [0.15, 0.2) is 5.10 Å². The van der Waals surface area contributed by atoms with Gasteiger partial charge in [0.1, 0.15) is 12.5 Å². The van der Waals surface area contributed by atoms with Crippen LogP contribution in [0.2, 0.25) is 0 Å². The summed E-state index contributed by atoms with van der Waals surface area (Å²) in [7, 11) is 0. The molecule has 1 unspecified atom stereocenters. The summed E-state index contributed by atoms with van der Waals surface area (Å²) in [5, 5.41) is 6.58. The average Bonchev–Trinajstić information content (AvgIpc) is 2.43. The maximum absolute atomic E-state index is 4.38. The van der Waals surface area contributed by atoms with Crippen molar-refractivity contribution in [3.05, 3.63) is 0 Å². The number of nitrogens with zero attached hydrogens (tertiary/aromatic N) is 3. The minimum absolute atomic E-state index is 0.451. The summed E-state index contributed by atoms with van der Waals surface area (Å²) >= 11 is 2.32. The molecule has 1 atom stereocenters. The number of halogens is 1. The van der Waals surface area contributed by atoms with Crippen molar-refractivity contribution in [1.29, 1.82) is 0 Å². The molecule has 76 valence electrons. The van der Waals surface area contributed by atoms with Crippen molar-refractivity contribution in [2.75, 3.05) is 6.54 Å². The van der Waals surface area contributed by atoms with Crippen LogP contribution >= 0.6 is 22.9 Å². The summed E-state index contributed by atoms with van der Waals surface area (Å²) in [5.41, 5.74) is 0. The van der Waals surface area contributed by atoms with E-state index >= 15 is 0 Å². The van der Waals surface area contributed by atoms with Gasteiger partial charge in [0.15, 0.2) is 0 Å². The molecule has 0 amide bonds. The maximum atomic E-state index is 4.38. The third-order valence-electron chi connectivity index (χ3n) is 2.21. The Kier molecular flexibility index (Phi) is 4.28. The topological polar surface area (TPSA) is 18.8 Å². The third kappa shape index (κ3) is 2.72. The monoisotopic (exact) mass is 295 g/mol. The zero-order valence-corrected chi connectivity index (χ0v) is 10.7. The van der Waals surface area contributed by atoms with E-state index in [-0.39, 0.29) is 0 Å². The average molecular weight is 295 g/mol. The lowest BCUT2D eigenvalue weighted by Gasteiger charge is -2.29. The highest BCUT2D eigenvalue weighted by atomic mass is 127. The lowest BCUT2D eigenvalue weighted by atomic mass is 10.1. The van der Waals surface area contributed by atoms with Crippen LogP contribution in [0.25, 0.3) is 0 Å². The molecule has 4 heteroatoms. The first-order chi connectivity index (χ1) is 6.16. The molecule has 3 nitrogen and oxygen atoms in total. The van der Waals surface area contributed by atoms with Gasteiger partial charge in [-0.1, -0.05) is 27.2 Å². The SMILES string of the molecule is CCCCN1N=CN(I)C1C(C)C. The van der Waals surface area contributed by atoms with Crippen molar-refractivity contribution in [2.45, 2.75) is 39.8 Å². The molecule has 0 N–H and O–H groups in total. The molecule has 1 heterocycles. The molecular weight excluding hydrogens is 277 g/mol. The van der Waals surface area contributed by atoms with Gasteiger partial charge in [-0.25, -0.2) is 0 Å². The van der Waals surface area contributed by atoms with E-state index in [0.29, 0.717) is 12.1 Å². The predicted octanol–water partition coefficient (Wildman–Crippen LogP) is 2.68. The second-order valence-electron chi connectivity index (χ2n) is 3.75. The predicted molar refractivity (Wildman–Crippen MR) is 64.6 cm³/mol. The number of hydrazone groups is 1. The van der Waals surface area contributed by atoms with Crippen molar-refractivity contribution in [3.63, 3.8) is 0 Å². The van der Waals surface area contributed by atoms with Gasteiger partial charge in [0, 0.05) is 6.54 Å². The number of unbranched alkanes of at least 4 members (excludes halogenated alkanes) is 1. The van der Waals surface area contributed by atoms with Gasteiger partial charge in [0.05, 0.1) is 22.9 Å². The first-order valence-electron chi connectivity index (χ1n) is 4.91. The van der Waals surface area contributed by atoms with Crippen LogP contribution < -0.4 is 0 Å². The van der Waals surface area contributed by atoms with Crippen LogP contribution in [-0.2, 0) is 0 Å². The van der Waals surface area contributed by atoms with Gasteiger partial charge in [0.2, 0.25) is 0 Å². The van der Waals surface area contributed by atoms with Crippen LogP contribution in [0.3, 0.4) is 0 Å². The van der Waals surface area contributed by atoms with Gasteiger partial charge < -0.3 is 0 Å². The van der Waals surface area contributed by atoms with Gasteiger partial charge >= 0.3 is 0 Å². The molecule has 0 bridgehead atoms. The van der Waals surface area contributed by atoms with E-state index in [0.717, 1.165) is 6.54 Å². The lowest BCUT2D eigenvalue weighted by Crippen LogP contribution is -2.39. The van der Waals surface area contributed by atoms with Gasteiger partial charge in [-0.05, 0) is 12.3 Å². The van der Waals surface area contributed by atoms with Crippen molar-refractivity contribution in [1.82, 2.24) is 8.12 Å². The van der Waals surface area contributed by atoms with Crippen LogP contribution in [0.1, 0.15) is 33.6 Å². The van der Waals surface area contributed by atoms with Crippen molar-refractivity contribution < 1.29 is 0 Å². The summed E-state index contributed by atoms with van der Waals surface area (Å²) < 4.78 is 2.16. The Balaban J connectivity index is 2.48. The molecule has 0 aromatic heterocycles. The van der Waals surface area contributed by atoms with Gasteiger partial charge in [-0.3, -0.25) is 8.12 Å². The van der Waals surface area contributed by atoms with E-state index in [1.54, 1.807) is 0 Å². The van der Waals surface area contributed by atoms with Gasteiger partial charge in [0.25, 0.3) is 0 Å². The molecule has 1 aliphatic heterocycles. The fraction of sp³-hybridized carbons (Fsp3) is 0.889. The fourth-order valence-corrected chi connectivity index (χ4v) is 2.56. The number of rotatable bonds is 4. The minimum atomic E-state index is 0.451. The molecule has 0 radical (unpaired) electrons. The van der Waals surface area contributed by atoms with E-state index in [1.807, 2.05) is 6.34 Å². The summed E-state index contributed by atoms with van der Waals surface area (Å²) in [6.07, 6.45) is 4.83. The first kappa shape index (κ1) is 11.1. The molecule has 0 aliphatic carbocycles. The largest absolute Gasteiger partial charge is 0.280 e. The van der Waals surface area contributed by atoms with E-state index in [2.05, 4.69) is 56.9 Å². The second kappa shape index (κ2) is 5.02. The van der Waals surface area contributed by atoms with Crippen LogP contribution in [0, 0.1) is 5.92 Å². The Morgan fingerprint density at radius 3 is 2.77 bits per heavy atom. The zero-order valence-electron chi connectivity index (χ0n) is 8.57. The molecule has 0 aromatic rings. The second-order valence-corrected chi connectivity index (χ2v) is 4.86. The first-order valence-corrected chi connectivity index (χ1v) is 5.88. The number of hydrogen-bond donors (Lipinski definition) is 0. The Hall–Kier alpha value is 0. The summed E-state index contributed by atoms with van der Waals surface area (Å²) in [6.45, 7) is 7.77. The van der Waals surface area contributed by atoms with E-state index in [9.17, 15) is 0 Å².